The number of fused-ring (bicyclic) bond motifs is 1. The fraction of sp³-hybridized carbons (Fsp3) is 0.0909. The summed E-state index contributed by atoms with van der Waals surface area (Å²) in [6, 6.07) is 16.9. The molecule has 0 aliphatic heterocycles. The van der Waals surface area contributed by atoms with Gasteiger partial charge in [-0.25, -0.2) is 9.37 Å². The number of nitrogens with zero attached hydrogens (tertiary/aromatic N) is 2. The molecule has 0 amide bonds. The number of hydrogen-bond acceptors (Lipinski definition) is 3. The molecule has 0 bridgehead atoms. The summed E-state index contributed by atoms with van der Waals surface area (Å²) < 4.78 is 19.4. The van der Waals surface area contributed by atoms with Crippen LogP contribution in [0.5, 0.6) is 0 Å². The number of aromatic nitrogens is 3. The van der Waals surface area contributed by atoms with E-state index < -0.39 is 5.41 Å². The second-order valence-corrected chi connectivity index (χ2v) is 6.66. The molecule has 2 aromatic heterocycles. The fourth-order valence-electron chi connectivity index (χ4n) is 3.83. The number of nitrogens with one attached hydrogen (secondary N) is 1. The third kappa shape index (κ3) is 2.51. The first-order valence-electron chi connectivity index (χ1n) is 8.74. The lowest BCUT2D eigenvalue weighted by molar-refractivity contribution is 0.571. The lowest BCUT2D eigenvalue weighted by Crippen LogP contribution is -2.30. The molecule has 27 heavy (non-hydrogen) atoms. The van der Waals surface area contributed by atoms with Crippen molar-refractivity contribution in [3.8, 4) is 11.6 Å². The predicted octanol–water partition coefficient (Wildman–Crippen LogP) is 4.76. The summed E-state index contributed by atoms with van der Waals surface area (Å²) in [5.74, 6) is 0.238. The van der Waals surface area contributed by atoms with Gasteiger partial charge in [-0.05, 0) is 23.3 Å². The van der Waals surface area contributed by atoms with Crippen LogP contribution in [0.3, 0.4) is 0 Å². The second kappa shape index (κ2) is 6.06. The highest BCUT2D eigenvalue weighted by atomic mass is 19.1. The van der Waals surface area contributed by atoms with Crippen LogP contribution in [0.25, 0.3) is 17.7 Å². The Bertz CT molecular complexity index is 1120. The second-order valence-electron chi connectivity index (χ2n) is 6.66. The van der Waals surface area contributed by atoms with Gasteiger partial charge < -0.3 is 4.42 Å². The Morgan fingerprint density at radius 2 is 1.89 bits per heavy atom. The van der Waals surface area contributed by atoms with Gasteiger partial charge in [0, 0.05) is 23.1 Å². The highest BCUT2D eigenvalue weighted by Gasteiger charge is 2.37. The molecule has 0 spiro atoms. The standard InChI is InChI=1S/C22H16FN3O/c23-17-8-4-7-16(13-17)22(15-5-2-1-3-6-15)10-9-18-19(14-22)25-26-20(18)21-24-11-12-27-21/h1-13H,14H2,(H,25,26). The van der Waals surface area contributed by atoms with Crippen molar-refractivity contribution in [1.82, 2.24) is 15.2 Å². The molecule has 1 unspecified atom stereocenters. The van der Waals surface area contributed by atoms with Gasteiger partial charge >= 0.3 is 0 Å². The van der Waals surface area contributed by atoms with E-state index >= 15 is 0 Å². The maximum absolute atomic E-state index is 14.0. The normalized spacial score (nSPS) is 18.4. The molecule has 0 radical (unpaired) electrons. The summed E-state index contributed by atoms with van der Waals surface area (Å²) in [6.45, 7) is 0. The molecule has 1 atom stereocenters. The zero-order valence-corrected chi connectivity index (χ0v) is 14.4. The maximum atomic E-state index is 14.0. The summed E-state index contributed by atoms with van der Waals surface area (Å²) in [5.41, 5.74) is 4.15. The first-order valence-corrected chi connectivity index (χ1v) is 8.74. The van der Waals surface area contributed by atoms with E-state index in [1.54, 1.807) is 18.3 Å². The van der Waals surface area contributed by atoms with Crippen LogP contribution in [0.4, 0.5) is 4.39 Å². The molecule has 0 fully saturated rings. The lowest BCUT2D eigenvalue weighted by Gasteiger charge is -2.34. The van der Waals surface area contributed by atoms with Gasteiger partial charge in [0.25, 0.3) is 0 Å². The Labute approximate surface area is 155 Å². The van der Waals surface area contributed by atoms with Crippen LogP contribution >= 0.6 is 0 Å². The Morgan fingerprint density at radius 1 is 1.04 bits per heavy atom. The first-order chi connectivity index (χ1) is 13.3. The van der Waals surface area contributed by atoms with Gasteiger partial charge in [-0.15, -0.1) is 0 Å². The molecule has 5 heteroatoms. The van der Waals surface area contributed by atoms with Gasteiger partial charge in [-0.2, -0.15) is 5.10 Å². The zero-order valence-electron chi connectivity index (χ0n) is 14.4. The number of benzene rings is 2. The van der Waals surface area contributed by atoms with E-state index in [0.29, 0.717) is 18.0 Å². The molecule has 4 nitrogen and oxygen atoms in total. The molecule has 1 aliphatic carbocycles. The molecule has 2 heterocycles. The van der Waals surface area contributed by atoms with Crippen molar-refractivity contribution in [2.45, 2.75) is 11.8 Å². The molecule has 1 aliphatic rings. The zero-order chi connectivity index (χ0) is 18.3. The van der Waals surface area contributed by atoms with Gasteiger partial charge in [0.15, 0.2) is 5.69 Å². The Morgan fingerprint density at radius 3 is 2.67 bits per heavy atom. The van der Waals surface area contributed by atoms with Crippen molar-refractivity contribution in [2.24, 2.45) is 0 Å². The monoisotopic (exact) mass is 357 g/mol. The van der Waals surface area contributed by atoms with E-state index in [1.807, 2.05) is 30.3 Å². The smallest absolute Gasteiger partial charge is 0.247 e. The van der Waals surface area contributed by atoms with Gasteiger partial charge in [0.1, 0.15) is 12.1 Å². The Hall–Kier alpha value is -3.47. The first kappa shape index (κ1) is 15.8. The molecular formula is C22H16FN3O. The van der Waals surface area contributed by atoms with Gasteiger partial charge in [0.05, 0.1) is 6.20 Å². The largest absolute Gasteiger partial charge is 0.443 e. The minimum absolute atomic E-state index is 0.243. The van der Waals surface area contributed by atoms with Gasteiger partial charge in [-0.1, -0.05) is 54.6 Å². The number of halogens is 1. The van der Waals surface area contributed by atoms with Gasteiger partial charge in [-0.3, -0.25) is 5.10 Å². The highest BCUT2D eigenvalue weighted by molar-refractivity contribution is 5.73. The van der Waals surface area contributed by atoms with Crippen LogP contribution in [0, 0.1) is 5.82 Å². The summed E-state index contributed by atoms with van der Waals surface area (Å²) >= 11 is 0. The molecule has 0 saturated carbocycles. The third-order valence-corrected chi connectivity index (χ3v) is 5.14. The number of allylic oxidation sites excluding steroid dienone is 1. The minimum Gasteiger partial charge on any atom is -0.443 e. The summed E-state index contributed by atoms with van der Waals surface area (Å²) in [4.78, 5) is 4.20. The number of aromatic amines is 1. The van der Waals surface area contributed by atoms with E-state index in [1.165, 1.54) is 12.3 Å². The van der Waals surface area contributed by atoms with Crippen LogP contribution < -0.4 is 0 Å². The topological polar surface area (TPSA) is 54.7 Å². The predicted molar refractivity (Wildman–Crippen MR) is 100 cm³/mol. The molecular weight excluding hydrogens is 341 g/mol. The highest BCUT2D eigenvalue weighted by Crippen LogP contribution is 2.42. The van der Waals surface area contributed by atoms with Crippen molar-refractivity contribution >= 4 is 6.08 Å². The third-order valence-electron chi connectivity index (χ3n) is 5.14. The van der Waals surface area contributed by atoms with Crippen LogP contribution in [0.15, 0.2) is 77.6 Å². The molecule has 0 saturated heterocycles. The van der Waals surface area contributed by atoms with Crippen molar-refractivity contribution in [1.29, 1.82) is 0 Å². The average molecular weight is 357 g/mol. The fourth-order valence-corrected chi connectivity index (χ4v) is 3.83. The van der Waals surface area contributed by atoms with Crippen molar-refractivity contribution in [2.75, 3.05) is 0 Å². The van der Waals surface area contributed by atoms with E-state index in [-0.39, 0.29) is 5.82 Å². The number of hydrogen-bond donors (Lipinski definition) is 1. The Kier molecular flexibility index (Phi) is 3.53. The van der Waals surface area contributed by atoms with E-state index in [2.05, 4.69) is 33.4 Å². The van der Waals surface area contributed by atoms with Gasteiger partial charge in [0.2, 0.25) is 5.89 Å². The minimum atomic E-state index is -0.475. The maximum Gasteiger partial charge on any atom is 0.247 e. The lowest BCUT2D eigenvalue weighted by atomic mass is 9.68. The van der Waals surface area contributed by atoms with Crippen molar-refractivity contribution in [3.63, 3.8) is 0 Å². The summed E-state index contributed by atoms with van der Waals surface area (Å²) in [7, 11) is 0. The van der Waals surface area contributed by atoms with Crippen LogP contribution in [0.2, 0.25) is 0 Å². The number of oxazole rings is 1. The molecule has 132 valence electrons. The Balaban J connectivity index is 1.68. The number of rotatable bonds is 3. The van der Waals surface area contributed by atoms with Crippen molar-refractivity contribution < 1.29 is 8.81 Å². The molecule has 2 aromatic carbocycles. The SMILES string of the molecule is Fc1cccc(C2(c3ccccc3)C=Cc3c(-c4ncco4)n[nH]c3C2)c1. The van der Waals surface area contributed by atoms with Crippen molar-refractivity contribution in [3.05, 3.63) is 101 Å². The summed E-state index contributed by atoms with van der Waals surface area (Å²) in [5, 5.41) is 7.53. The average Bonchev–Trinajstić information content (AvgIpc) is 3.37. The molecule has 5 rings (SSSR count). The quantitative estimate of drug-likeness (QED) is 0.575. The van der Waals surface area contributed by atoms with Crippen LogP contribution in [-0.4, -0.2) is 15.2 Å². The number of H-pyrrole nitrogens is 1. The summed E-state index contributed by atoms with van der Waals surface area (Å²) in [6.07, 6.45) is 7.93. The van der Waals surface area contributed by atoms with Crippen LogP contribution in [0.1, 0.15) is 22.4 Å². The van der Waals surface area contributed by atoms with E-state index in [0.717, 1.165) is 22.4 Å². The molecule has 1 N–H and O–H groups in total. The van der Waals surface area contributed by atoms with Crippen LogP contribution in [-0.2, 0) is 11.8 Å². The van der Waals surface area contributed by atoms with E-state index in [9.17, 15) is 4.39 Å². The van der Waals surface area contributed by atoms with E-state index in [4.69, 9.17) is 4.42 Å². The molecule has 4 aromatic rings.